The maximum atomic E-state index is 11.2. The Bertz CT molecular complexity index is 903. The summed E-state index contributed by atoms with van der Waals surface area (Å²) in [5, 5.41) is 1.61. The van der Waals surface area contributed by atoms with Crippen LogP contribution in [0.4, 0.5) is 0 Å². The van der Waals surface area contributed by atoms with Gasteiger partial charge in [0.15, 0.2) is 5.75 Å². The fourth-order valence-corrected chi connectivity index (χ4v) is 2.46. The fraction of sp³-hybridized carbons (Fsp3) is 0.0526. The second kappa shape index (κ2) is 6.63. The van der Waals surface area contributed by atoms with Crippen LogP contribution in [0, 0.1) is 0 Å². The summed E-state index contributed by atoms with van der Waals surface area (Å²) < 4.78 is 5.22. The highest BCUT2D eigenvalue weighted by molar-refractivity contribution is 6.30. The van der Waals surface area contributed by atoms with Crippen LogP contribution in [0.15, 0.2) is 54.6 Å². The number of aromatic nitrogens is 1. The number of benzene rings is 2. The Morgan fingerprint density at radius 3 is 2.70 bits per heavy atom. The van der Waals surface area contributed by atoms with E-state index in [4.69, 9.17) is 16.3 Å². The standard InChI is InChI=1S/C19H14ClNO2/c1-13(22)23-18-7-3-5-15-9-11-17(21-19(15)18)10-8-14-4-2-6-16(20)12-14/h2-12H,1H3. The highest BCUT2D eigenvalue weighted by Crippen LogP contribution is 2.24. The van der Waals surface area contributed by atoms with Crippen molar-refractivity contribution in [2.75, 3.05) is 0 Å². The van der Waals surface area contributed by atoms with Crippen LogP contribution in [0.2, 0.25) is 5.02 Å². The predicted molar refractivity (Wildman–Crippen MR) is 93.4 cm³/mol. The topological polar surface area (TPSA) is 39.2 Å². The van der Waals surface area contributed by atoms with Crippen molar-refractivity contribution in [2.24, 2.45) is 0 Å². The zero-order chi connectivity index (χ0) is 16.2. The average Bonchev–Trinajstić information content (AvgIpc) is 2.53. The molecule has 0 fully saturated rings. The minimum atomic E-state index is -0.362. The maximum Gasteiger partial charge on any atom is 0.308 e. The van der Waals surface area contributed by atoms with Crippen molar-refractivity contribution in [2.45, 2.75) is 6.92 Å². The molecule has 23 heavy (non-hydrogen) atoms. The number of carbonyl (C=O) groups is 1. The van der Waals surface area contributed by atoms with Gasteiger partial charge in [0.05, 0.1) is 5.69 Å². The van der Waals surface area contributed by atoms with Crippen molar-refractivity contribution < 1.29 is 9.53 Å². The molecular weight excluding hydrogens is 310 g/mol. The van der Waals surface area contributed by atoms with Crippen LogP contribution >= 0.6 is 11.6 Å². The van der Waals surface area contributed by atoms with Crippen LogP contribution in [-0.2, 0) is 4.79 Å². The van der Waals surface area contributed by atoms with E-state index in [0.717, 1.165) is 16.6 Å². The second-order valence-electron chi connectivity index (χ2n) is 5.05. The summed E-state index contributed by atoms with van der Waals surface area (Å²) in [4.78, 5) is 15.8. The molecule has 0 N–H and O–H groups in total. The first kappa shape index (κ1) is 15.3. The lowest BCUT2D eigenvalue weighted by Gasteiger charge is -2.06. The molecule has 0 bridgehead atoms. The predicted octanol–water partition coefficient (Wildman–Crippen LogP) is 4.98. The number of nitrogens with zero attached hydrogens (tertiary/aromatic N) is 1. The van der Waals surface area contributed by atoms with Crippen LogP contribution in [0.3, 0.4) is 0 Å². The summed E-state index contributed by atoms with van der Waals surface area (Å²) in [5.41, 5.74) is 2.43. The molecule has 3 nitrogen and oxygen atoms in total. The van der Waals surface area contributed by atoms with E-state index in [1.807, 2.05) is 60.7 Å². The van der Waals surface area contributed by atoms with Crippen molar-refractivity contribution in [3.8, 4) is 5.75 Å². The van der Waals surface area contributed by atoms with Gasteiger partial charge in [-0.3, -0.25) is 4.79 Å². The van der Waals surface area contributed by atoms with Crippen molar-refractivity contribution in [3.05, 3.63) is 70.9 Å². The Morgan fingerprint density at radius 1 is 1.09 bits per heavy atom. The maximum absolute atomic E-state index is 11.2. The smallest absolute Gasteiger partial charge is 0.308 e. The Labute approximate surface area is 139 Å². The number of halogens is 1. The Morgan fingerprint density at radius 2 is 1.91 bits per heavy atom. The van der Waals surface area contributed by atoms with Crippen molar-refractivity contribution in [1.29, 1.82) is 0 Å². The molecule has 0 aliphatic carbocycles. The summed E-state index contributed by atoms with van der Waals surface area (Å²) in [6, 6.07) is 16.9. The summed E-state index contributed by atoms with van der Waals surface area (Å²) in [6.07, 6.45) is 3.84. The summed E-state index contributed by atoms with van der Waals surface area (Å²) >= 11 is 5.98. The van der Waals surface area contributed by atoms with Gasteiger partial charge in [0.2, 0.25) is 0 Å². The Balaban J connectivity index is 1.97. The van der Waals surface area contributed by atoms with Gasteiger partial charge in [0, 0.05) is 17.3 Å². The van der Waals surface area contributed by atoms with Gasteiger partial charge in [0.1, 0.15) is 5.52 Å². The van der Waals surface area contributed by atoms with Crippen LogP contribution in [0.1, 0.15) is 18.2 Å². The largest absolute Gasteiger partial charge is 0.424 e. The van der Waals surface area contributed by atoms with Gasteiger partial charge >= 0.3 is 5.97 Å². The number of pyridine rings is 1. The summed E-state index contributed by atoms with van der Waals surface area (Å²) in [5.74, 6) is 0.104. The van der Waals surface area contributed by atoms with Gasteiger partial charge in [-0.1, -0.05) is 48.0 Å². The Kier molecular flexibility index (Phi) is 4.40. The first-order valence-electron chi connectivity index (χ1n) is 7.14. The van der Waals surface area contributed by atoms with Crippen LogP contribution < -0.4 is 4.74 Å². The molecule has 3 aromatic rings. The zero-order valence-electron chi connectivity index (χ0n) is 12.5. The lowest BCUT2D eigenvalue weighted by atomic mass is 10.1. The van der Waals surface area contributed by atoms with Gasteiger partial charge in [-0.15, -0.1) is 0 Å². The third kappa shape index (κ3) is 3.76. The van der Waals surface area contributed by atoms with Gasteiger partial charge in [-0.25, -0.2) is 4.98 Å². The number of hydrogen-bond donors (Lipinski definition) is 0. The van der Waals surface area contributed by atoms with Gasteiger partial charge in [0.25, 0.3) is 0 Å². The van der Waals surface area contributed by atoms with Crippen LogP contribution in [-0.4, -0.2) is 11.0 Å². The molecule has 114 valence electrons. The highest BCUT2D eigenvalue weighted by atomic mass is 35.5. The van der Waals surface area contributed by atoms with E-state index in [-0.39, 0.29) is 5.97 Å². The van der Waals surface area contributed by atoms with Gasteiger partial charge in [-0.05, 0) is 35.9 Å². The SMILES string of the molecule is CC(=O)Oc1cccc2ccc(C=Cc3cccc(Cl)c3)nc12. The molecule has 0 aliphatic heterocycles. The summed E-state index contributed by atoms with van der Waals surface area (Å²) in [6.45, 7) is 1.38. The number of ether oxygens (including phenoxy) is 1. The number of hydrogen-bond acceptors (Lipinski definition) is 3. The highest BCUT2D eigenvalue weighted by Gasteiger charge is 2.06. The van der Waals surface area contributed by atoms with Gasteiger partial charge in [-0.2, -0.15) is 0 Å². The molecule has 0 amide bonds. The zero-order valence-corrected chi connectivity index (χ0v) is 13.2. The number of rotatable bonds is 3. The molecule has 0 aliphatic rings. The molecule has 3 rings (SSSR count). The van der Waals surface area contributed by atoms with E-state index in [9.17, 15) is 4.79 Å². The molecule has 0 atom stereocenters. The molecule has 0 saturated carbocycles. The van der Waals surface area contributed by atoms with E-state index in [1.165, 1.54) is 6.92 Å². The lowest BCUT2D eigenvalue weighted by molar-refractivity contribution is -0.131. The number of fused-ring (bicyclic) bond motifs is 1. The molecule has 1 heterocycles. The molecule has 1 aromatic heterocycles. The van der Waals surface area contributed by atoms with E-state index in [1.54, 1.807) is 6.07 Å². The minimum absolute atomic E-state index is 0.362. The van der Waals surface area contributed by atoms with Crippen LogP contribution in [0.25, 0.3) is 23.1 Å². The first-order chi connectivity index (χ1) is 11.1. The molecule has 4 heteroatoms. The monoisotopic (exact) mass is 323 g/mol. The lowest BCUT2D eigenvalue weighted by Crippen LogP contribution is -2.02. The number of carbonyl (C=O) groups excluding carboxylic acids is 1. The van der Waals surface area contributed by atoms with Crippen molar-refractivity contribution in [1.82, 2.24) is 4.98 Å². The molecule has 2 aromatic carbocycles. The summed E-state index contributed by atoms with van der Waals surface area (Å²) in [7, 11) is 0. The normalized spacial score (nSPS) is 11.0. The second-order valence-corrected chi connectivity index (χ2v) is 5.48. The quantitative estimate of drug-likeness (QED) is 0.504. The van der Waals surface area contributed by atoms with Crippen LogP contribution in [0.5, 0.6) is 5.75 Å². The average molecular weight is 324 g/mol. The molecule has 0 unspecified atom stereocenters. The first-order valence-corrected chi connectivity index (χ1v) is 7.51. The van der Waals surface area contributed by atoms with Crippen molar-refractivity contribution >= 4 is 40.6 Å². The molecular formula is C19H14ClNO2. The molecule has 0 spiro atoms. The minimum Gasteiger partial charge on any atom is -0.424 e. The van der Waals surface area contributed by atoms with E-state index in [2.05, 4.69) is 4.98 Å². The third-order valence-corrected chi connectivity index (χ3v) is 3.49. The number of para-hydroxylation sites is 1. The van der Waals surface area contributed by atoms with E-state index in [0.29, 0.717) is 16.3 Å². The van der Waals surface area contributed by atoms with Crippen molar-refractivity contribution in [3.63, 3.8) is 0 Å². The van der Waals surface area contributed by atoms with E-state index >= 15 is 0 Å². The van der Waals surface area contributed by atoms with Gasteiger partial charge < -0.3 is 4.74 Å². The van der Waals surface area contributed by atoms with E-state index < -0.39 is 0 Å². The third-order valence-electron chi connectivity index (χ3n) is 3.25. The fourth-order valence-electron chi connectivity index (χ4n) is 2.26. The number of esters is 1. The molecule has 0 saturated heterocycles. The Hall–Kier alpha value is -2.65. The molecule has 0 radical (unpaired) electrons.